The largest absolute Gasteiger partial charge is 0.507 e. The van der Waals surface area contributed by atoms with Crippen LogP contribution in [0, 0.1) is 0 Å². The number of carbonyl (C=O) groups excluding carboxylic acids is 1. The average molecular weight is 297 g/mol. The van der Waals surface area contributed by atoms with Crippen molar-refractivity contribution < 1.29 is 19.8 Å². The van der Waals surface area contributed by atoms with Crippen molar-refractivity contribution in [3.8, 4) is 16.9 Å². The van der Waals surface area contributed by atoms with E-state index in [1.165, 1.54) is 18.3 Å². The Bertz CT molecular complexity index is 914. The summed E-state index contributed by atoms with van der Waals surface area (Å²) in [5.41, 5.74) is 7.24. The number of aromatic nitrogens is 2. The van der Waals surface area contributed by atoms with Gasteiger partial charge >= 0.3 is 5.97 Å². The highest BCUT2D eigenvalue weighted by atomic mass is 16.4. The molecule has 110 valence electrons. The van der Waals surface area contributed by atoms with Gasteiger partial charge in [-0.2, -0.15) is 0 Å². The van der Waals surface area contributed by atoms with Crippen molar-refractivity contribution in [1.29, 1.82) is 0 Å². The van der Waals surface area contributed by atoms with E-state index in [2.05, 4.69) is 4.98 Å². The average Bonchev–Trinajstić information content (AvgIpc) is 2.86. The quantitative estimate of drug-likeness (QED) is 0.677. The number of hydrogen-bond acceptors (Lipinski definition) is 4. The van der Waals surface area contributed by atoms with Gasteiger partial charge in [-0.15, -0.1) is 0 Å². The summed E-state index contributed by atoms with van der Waals surface area (Å²) in [5, 5.41) is 18.8. The Morgan fingerprint density at radius 3 is 2.64 bits per heavy atom. The summed E-state index contributed by atoms with van der Waals surface area (Å²) < 4.78 is 1.59. The van der Waals surface area contributed by atoms with Crippen LogP contribution in [0.5, 0.6) is 5.75 Å². The fraction of sp³-hybridized carbons (Fsp3) is 0. The van der Waals surface area contributed by atoms with Crippen molar-refractivity contribution in [1.82, 2.24) is 9.38 Å². The van der Waals surface area contributed by atoms with E-state index >= 15 is 0 Å². The van der Waals surface area contributed by atoms with Crippen LogP contribution < -0.4 is 5.73 Å². The molecular formula is C15H11N3O4. The molecule has 0 saturated heterocycles. The Balaban J connectivity index is 2.25. The molecule has 0 fully saturated rings. The van der Waals surface area contributed by atoms with Gasteiger partial charge < -0.3 is 20.3 Å². The smallest absolute Gasteiger partial charge is 0.339 e. The fourth-order valence-corrected chi connectivity index (χ4v) is 2.35. The predicted octanol–water partition coefficient (Wildman–Crippen LogP) is 1.50. The number of hydrogen-bond donors (Lipinski definition) is 3. The summed E-state index contributed by atoms with van der Waals surface area (Å²) in [6.45, 7) is 0. The summed E-state index contributed by atoms with van der Waals surface area (Å²) in [7, 11) is 0. The van der Waals surface area contributed by atoms with Gasteiger partial charge in [-0.3, -0.25) is 9.78 Å². The van der Waals surface area contributed by atoms with Gasteiger partial charge in [-0.1, -0.05) is 6.07 Å². The Hall–Kier alpha value is -3.35. The Morgan fingerprint density at radius 1 is 1.23 bits per heavy atom. The normalized spacial score (nSPS) is 10.7. The molecular weight excluding hydrogens is 286 g/mol. The van der Waals surface area contributed by atoms with E-state index in [4.69, 9.17) is 10.8 Å². The minimum absolute atomic E-state index is 0.194. The molecule has 22 heavy (non-hydrogen) atoms. The van der Waals surface area contributed by atoms with Crippen LogP contribution in [0.4, 0.5) is 0 Å². The van der Waals surface area contributed by atoms with Gasteiger partial charge in [0.15, 0.2) is 0 Å². The lowest BCUT2D eigenvalue weighted by Gasteiger charge is -2.04. The van der Waals surface area contributed by atoms with Crippen LogP contribution in [0.2, 0.25) is 0 Å². The van der Waals surface area contributed by atoms with Crippen molar-refractivity contribution in [3.63, 3.8) is 0 Å². The number of benzene rings is 1. The number of nitrogens with zero attached hydrogens (tertiary/aromatic N) is 2. The number of carbonyl (C=O) groups is 2. The molecule has 1 aromatic carbocycles. The summed E-state index contributed by atoms with van der Waals surface area (Å²) in [4.78, 5) is 26.5. The van der Waals surface area contributed by atoms with E-state index in [9.17, 15) is 14.7 Å². The molecule has 3 aromatic rings. The van der Waals surface area contributed by atoms with Gasteiger partial charge in [-0.05, 0) is 23.8 Å². The lowest BCUT2D eigenvalue weighted by molar-refractivity contribution is 0.0693. The van der Waals surface area contributed by atoms with Crippen LogP contribution >= 0.6 is 0 Å². The Kier molecular flexibility index (Phi) is 3.03. The first-order valence-electron chi connectivity index (χ1n) is 6.30. The van der Waals surface area contributed by atoms with Crippen LogP contribution in [0.15, 0.2) is 42.9 Å². The molecule has 0 aliphatic rings. The van der Waals surface area contributed by atoms with E-state index in [0.717, 1.165) is 0 Å². The number of amides is 1. The van der Waals surface area contributed by atoms with E-state index in [1.54, 1.807) is 28.9 Å². The zero-order valence-electron chi connectivity index (χ0n) is 11.2. The number of fused-ring (bicyclic) bond motifs is 1. The van der Waals surface area contributed by atoms with Crippen LogP contribution in [0.3, 0.4) is 0 Å². The van der Waals surface area contributed by atoms with E-state index in [-0.39, 0.29) is 17.0 Å². The first kappa shape index (κ1) is 13.6. The monoisotopic (exact) mass is 297 g/mol. The fourth-order valence-electron chi connectivity index (χ4n) is 2.35. The summed E-state index contributed by atoms with van der Waals surface area (Å²) >= 11 is 0. The first-order valence-corrected chi connectivity index (χ1v) is 6.30. The van der Waals surface area contributed by atoms with Gasteiger partial charge in [0.1, 0.15) is 17.0 Å². The minimum atomic E-state index is -1.22. The van der Waals surface area contributed by atoms with Crippen molar-refractivity contribution in [2.45, 2.75) is 0 Å². The van der Waals surface area contributed by atoms with E-state index in [0.29, 0.717) is 16.6 Å². The number of carboxylic acid groups (broad SMARTS) is 1. The second-order valence-electron chi connectivity index (χ2n) is 4.68. The third-order valence-electron chi connectivity index (χ3n) is 3.37. The minimum Gasteiger partial charge on any atom is -0.507 e. The zero-order valence-corrected chi connectivity index (χ0v) is 11.2. The van der Waals surface area contributed by atoms with Crippen molar-refractivity contribution in [2.24, 2.45) is 5.73 Å². The van der Waals surface area contributed by atoms with Gasteiger partial charge in [0.05, 0.1) is 11.7 Å². The predicted molar refractivity (Wildman–Crippen MR) is 77.8 cm³/mol. The lowest BCUT2D eigenvalue weighted by Crippen LogP contribution is -2.13. The molecule has 0 atom stereocenters. The molecule has 0 saturated carbocycles. The van der Waals surface area contributed by atoms with Gasteiger partial charge in [0.2, 0.25) is 0 Å². The summed E-state index contributed by atoms with van der Waals surface area (Å²) in [6, 6.07) is 5.76. The van der Waals surface area contributed by atoms with Crippen LogP contribution in [-0.4, -0.2) is 31.5 Å². The molecule has 2 aromatic heterocycles. The summed E-state index contributed by atoms with van der Waals surface area (Å²) in [5.74, 6) is -2.17. The maximum absolute atomic E-state index is 11.5. The van der Waals surface area contributed by atoms with Crippen molar-refractivity contribution in [3.05, 3.63) is 54.1 Å². The number of nitrogens with two attached hydrogens (primary N) is 1. The third kappa shape index (κ3) is 2.05. The number of primary amides is 1. The van der Waals surface area contributed by atoms with E-state index in [1.807, 2.05) is 0 Å². The molecule has 7 nitrogen and oxygen atoms in total. The highest BCUT2D eigenvalue weighted by molar-refractivity contribution is 5.98. The molecule has 0 radical (unpaired) electrons. The molecule has 0 spiro atoms. The number of aromatic carboxylic acids is 1. The maximum atomic E-state index is 11.5. The van der Waals surface area contributed by atoms with Crippen LogP contribution in [-0.2, 0) is 0 Å². The molecule has 4 N–H and O–H groups in total. The van der Waals surface area contributed by atoms with Gasteiger partial charge in [0, 0.05) is 18.0 Å². The number of carboxylic acids is 1. The highest BCUT2D eigenvalue weighted by Gasteiger charge is 2.16. The van der Waals surface area contributed by atoms with E-state index < -0.39 is 11.9 Å². The van der Waals surface area contributed by atoms with Gasteiger partial charge in [-0.25, -0.2) is 4.79 Å². The topological polar surface area (TPSA) is 118 Å². The molecule has 0 aliphatic carbocycles. The molecule has 3 rings (SSSR count). The molecule has 0 unspecified atom stereocenters. The van der Waals surface area contributed by atoms with Crippen molar-refractivity contribution >= 4 is 17.4 Å². The van der Waals surface area contributed by atoms with Crippen molar-refractivity contribution in [2.75, 3.05) is 0 Å². The third-order valence-corrected chi connectivity index (χ3v) is 3.37. The van der Waals surface area contributed by atoms with Gasteiger partial charge in [0.25, 0.3) is 5.91 Å². The molecule has 1 amide bonds. The Labute approximate surface area is 124 Å². The first-order chi connectivity index (χ1) is 10.5. The number of aromatic hydroxyl groups is 1. The molecule has 2 heterocycles. The zero-order chi connectivity index (χ0) is 15.9. The lowest BCUT2D eigenvalue weighted by atomic mass is 10.0. The highest BCUT2D eigenvalue weighted by Crippen LogP contribution is 2.31. The second-order valence-corrected chi connectivity index (χ2v) is 4.68. The standard InChI is InChI=1S/C15H11N3O4/c16-14(20)11-6-10(12-7-17-3-4-18(11)12)8-1-2-9(15(21)22)13(19)5-8/h1-7,19H,(H2,16,20)(H,21,22). The molecule has 0 aliphatic heterocycles. The number of phenols is 1. The van der Waals surface area contributed by atoms with Crippen LogP contribution in [0.1, 0.15) is 20.8 Å². The van der Waals surface area contributed by atoms with Crippen LogP contribution in [0.25, 0.3) is 16.6 Å². The Morgan fingerprint density at radius 2 is 2.00 bits per heavy atom. The number of rotatable bonds is 3. The SMILES string of the molecule is NC(=O)c1cc(-c2ccc(C(=O)O)c(O)c2)c2cnccn12. The maximum Gasteiger partial charge on any atom is 0.339 e. The second kappa shape index (κ2) is 4.88. The summed E-state index contributed by atoms with van der Waals surface area (Å²) in [6.07, 6.45) is 4.68. The molecule has 7 heteroatoms. The molecule has 0 bridgehead atoms.